The number of carbonyl (C=O) groups excluding carboxylic acids is 1. The molecule has 1 heterocycles. The Morgan fingerprint density at radius 1 is 1.24 bits per heavy atom. The van der Waals surface area contributed by atoms with Gasteiger partial charge in [0, 0.05) is 24.2 Å². The minimum Gasteiger partial charge on any atom is -0.316 e. The van der Waals surface area contributed by atoms with E-state index in [-0.39, 0.29) is 11.3 Å². The van der Waals surface area contributed by atoms with Crippen molar-refractivity contribution in [3.05, 3.63) is 68.5 Å². The van der Waals surface area contributed by atoms with Crippen LogP contribution in [0.4, 0.5) is 5.69 Å². The van der Waals surface area contributed by atoms with Gasteiger partial charge in [0.15, 0.2) is 4.80 Å². The van der Waals surface area contributed by atoms with Gasteiger partial charge in [-0.15, -0.1) is 0 Å². The van der Waals surface area contributed by atoms with Gasteiger partial charge in [-0.2, -0.15) is 4.99 Å². The van der Waals surface area contributed by atoms with Crippen molar-refractivity contribution in [2.24, 2.45) is 4.99 Å². The van der Waals surface area contributed by atoms with Gasteiger partial charge in [-0.05, 0) is 31.0 Å². The normalized spacial score (nSPS) is 11.8. The van der Waals surface area contributed by atoms with Gasteiger partial charge in [0.25, 0.3) is 11.6 Å². The zero-order valence-electron chi connectivity index (χ0n) is 13.9. The summed E-state index contributed by atoms with van der Waals surface area (Å²) in [5, 5.41) is 10.9. The van der Waals surface area contributed by atoms with Crippen molar-refractivity contribution in [2.45, 2.75) is 26.8 Å². The molecule has 6 nitrogen and oxygen atoms in total. The molecule has 128 valence electrons. The lowest BCUT2D eigenvalue weighted by Gasteiger charge is -2.05. The molecule has 3 aromatic rings. The van der Waals surface area contributed by atoms with E-state index in [1.807, 2.05) is 23.6 Å². The number of hydrogen-bond acceptors (Lipinski definition) is 4. The third-order valence-electron chi connectivity index (χ3n) is 3.98. The molecule has 0 aliphatic heterocycles. The van der Waals surface area contributed by atoms with Crippen molar-refractivity contribution in [1.82, 2.24) is 4.57 Å². The number of amides is 1. The van der Waals surface area contributed by atoms with E-state index in [9.17, 15) is 14.9 Å². The second kappa shape index (κ2) is 6.98. The van der Waals surface area contributed by atoms with E-state index in [4.69, 9.17) is 0 Å². The number of aryl methyl sites for hydroxylation is 2. The first kappa shape index (κ1) is 17.0. The zero-order chi connectivity index (χ0) is 18.0. The highest BCUT2D eigenvalue weighted by atomic mass is 32.1. The molecule has 0 aliphatic rings. The summed E-state index contributed by atoms with van der Waals surface area (Å²) in [5.41, 5.74) is 2.40. The molecule has 2 aromatic carbocycles. The summed E-state index contributed by atoms with van der Waals surface area (Å²) < 4.78 is 3.10. The maximum Gasteiger partial charge on any atom is 0.279 e. The van der Waals surface area contributed by atoms with E-state index in [0.717, 1.165) is 16.6 Å². The number of nitro groups is 1. The van der Waals surface area contributed by atoms with Crippen molar-refractivity contribution in [3.8, 4) is 0 Å². The average molecular weight is 355 g/mol. The van der Waals surface area contributed by atoms with Crippen LogP contribution in [0.3, 0.4) is 0 Å². The van der Waals surface area contributed by atoms with Crippen LogP contribution >= 0.6 is 11.3 Å². The van der Waals surface area contributed by atoms with Crippen LogP contribution in [-0.4, -0.2) is 15.4 Å². The number of non-ortho nitro benzene ring substituents is 1. The van der Waals surface area contributed by atoms with Gasteiger partial charge >= 0.3 is 0 Å². The highest BCUT2D eigenvalue weighted by Crippen LogP contribution is 2.22. The first-order valence-corrected chi connectivity index (χ1v) is 8.81. The summed E-state index contributed by atoms with van der Waals surface area (Å²) in [6.07, 6.45) is 0.895. The van der Waals surface area contributed by atoms with Gasteiger partial charge < -0.3 is 4.57 Å². The SMILES string of the molecule is CCc1cccc2sc(=NC(=O)c3cccc([N+](=O)[O-])c3)n(CC)c12. The van der Waals surface area contributed by atoms with E-state index in [2.05, 4.69) is 18.0 Å². The summed E-state index contributed by atoms with van der Waals surface area (Å²) >= 11 is 1.45. The molecule has 0 saturated carbocycles. The smallest absolute Gasteiger partial charge is 0.279 e. The fourth-order valence-electron chi connectivity index (χ4n) is 2.77. The Balaban J connectivity index is 2.14. The van der Waals surface area contributed by atoms with Crippen LogP contribution in [-0.2, 0) is 13.0 Å². The lowest BCUT2D eigenvalue weighted by molar-refractivity contribution is -0.384. The Hall–Kier alpha value is -2.80. The molecule has 0 saturated heterocycles. The molecule has 0 bridgehead atoms. The van der Waals surface area contributed by atoms with Gasteiger partial charge in [0.2, 0.25) is 0 Å². The third kappa shape index (κ3) is 3.23. The van der Waals surface area contributed by atoms with Crippen LogP contribution < -0.4 is 4.80 Å². The van der Waals surface area contributed by atoms with E-state index in [0.29, 0.717) is 11.3 Å². The molecule has 0 fully saturated rings. The first-order valence-electron chi connectivity index (χ1n) is 7.99. The van der Waals surface area contributed by atoms with Gasteiger partial charge in [-0.25, -0.2) is 0 Å². The Morgan fingerprint density at radius 2 is 2.00 bits per heavy atom. The first-order chi connectivity index (χ1) is 12.0. The molecule has 0 aliphatic carbocycles. The molecule has 0 unspecified atom stereocenters. The molecule has 1 aromatic heterocycles. The van der Waals surface area contributed by atoms with Crippen LogP contribution in [0, 0.1) is 10.1 Å². The minimum absolute atomic E-state index is 0.117. The second-order valence-corrected chi connectivity index (χ2v) is 6.48. The number of nitrogens with zero attached hydrogens (tertiary/aromatic N) is 3. The molecule has 0 atom stereocenters. The summed E-state index contributed by atoms with van der Waals surface area (Å²) in [7, 11) is 0. The van der Waals surface area contributed by atoms with Crippen molar-refractivity contribution in [3.63, 3.8) is 0 Å². The van der Waals surface area contributed by atoms with Crippen molar-refractivity contribution < 1.29 is 9.72 Å². The van der Waals surface area contributed by atoms with Gasteiger partial charge in [0.1, 0.15) is 0 Å². The van der Waals surface area contributed by atoms with E-state index in [1.165, 1.54) is 35.1 Å². The number of benzene rings is 2. The zero-order valence-corrected chi connectivity index (χ0v) is 14.7. The Kier molecular flexibility index (Phi) is 4.76. The maximum atomic E-state index is 12.5. The van der Waals surface area contributed by atoms with Crippen LogP contribution in [0.25, 0.3) is 10.2 Å². The molecular formula is C18H17N3O3S. The number of nitro benzene ring substituents is 1. The predicted octanol–water partition coefficient (Wildman–Crippen LogP) is 3.93. The number of carbonyl (C=O) groups is 1. The van der Waals surface area contributed by atoms with E-state index >= 15 is 0 Å². The second-order valence-electron chi connectivity index (χ2n) is 5.47. The van der Waals surface area contributed by atoms with Gasteiger partial charge in [-0.3, -0.25) is 14.9 Å². The average Bonchev–Trinajstić information content (AvgIpc) is 2.98. The largest absolute Gasteiger partial charge is 0.316 e. The van der Waals surface area contributed by atoms with Crippen LogP contribution in [0.2, 0.25) is 0 Å². The summed E-state index contributed by atoms with van der Waals surface area (Å²) in [5.74, 6) is -0.476. The number of fused-ring (bicyclic) bond motifs is 1. The Morgan fingerprint density at radius 3 is 2.68 bits per heavy atom. The Bertz CT molecular complexity index is 1030. The number of aromatic nitrogens is 1. The van der Waals surface area contributed by atoms with Gasteiger partial charge in [0.05, 0.1) is 15.1 Å². The Labute approximate surface area is 148 Å². The molecule has 1 amide bonds. The number of hydrogen-bond donors (Lipinski definition) is 0. The lowest BCUT2D eigenvalue weighted by Crippen LogP contribution is -2.16. The molecule has 0 spiro atoms. The van der Waals surface area contributed by atoms with Crippen LogP contribution in [0.5, 0.6) is 0 Å². The molecule has 3 rings (SSSR count). The maximum absolute atomic E-state index is 12.5. The molecule has 0 N–H and O–H groups in total. The van der Waals surface area contributed by atoms with Crippen molar-refractivity contribution >= 4 is 33.1 Å². The summed E-state index contributed by atoms with van der Waals surface area (Å²) in [6.45, 7) is 4.80. The quantitative estimate of drug-likeness (QED) is 0.525. The monoisotopic (exact) mass is 355 g/mol. The standard InChI is InChI=1S/C18H17N3O3S/c1-3-12-7-6-10-15-16(12)20(4-2)18(25-15)19-17(22)13-8-5-9-14(11-13)21(23)24/h5-11H,3-4H2,1-2H3. The lowest BCUT2D eigenvalue weighted by atomic mass is 10.1. The molecular weight excluding hydrogens is 338 g/mol. The highest BCUT2D eigenvalue weighted by molar-refractivity contribution is 7.16. The fourth-order valence-corrected chi connectivity index (χ4v) is 3.91. The molecule has 7 heteroatoms. The molecule has 0 radical (unpaired) electrons. The third-order valence-corrected chi connectivity index (χ3v) is 5.03. The fraction of sp³-hybridized carbons (Fsp3) is 0.222. The van der Waals surface area contributed by atoms with Crippen LogP contribution in [0.1, 0.15) is 29.8 Å². The van der Waals surface area contributed by atoms with E-state index in [1.54, 1.807) is 6.07 Å². The van der Waals surface area contributed by atoms with E-state index < -0.39 is 10.8 Å². The number of rotatable bonds is 4. The summed E-state index contributed by atoms with van der Waals surface area (Å²) in [4.78, 5) is 27.7. The number of thiazole rings is 1. The summed E-state index contributed by atoms with van der Waals surface area (Å²) in [6, 6.07) is 11.7. The molecule has 25 heavy (non-hydrogen) atoms. The highest BCUT2D eigenvalue weighted by Gasteiger charge is 2.13. The van der Waals surface area contributed by atoms with Crippen LogP contribution in [0.15, 0.2) is 47.5 Å². The van der Waals surface area contributed by atoms with Crippen molar-refractivity contribution in [2.75, 3.05) is 0 Å². The number of para-hydroxylation sites is 1. The van der Waals surface area contributed by atoms with Gasteiger partial charge in [-0.1, -0.05) is 36.5 Å². The van der Waals surface area contributed by atoms with Crippen molar-refractivity contribution in [1.29, 1.82) is 0 Å². The minimum atomic E-state index is -0.518. The topological polar surface area (TPSA) is 77.5 Å². The predicted molar refractivity (Wildman–Crippen MR) is 97.9 cm³/mol.